The monoisotopic (exact) mass is 524 g/mol. The SMILES string of the molecule is COc1ccc(-n2c3c(cc(-c4nc(-c5ccc(Cl)cc5)cs4)c2=O)C(=O)CC(C)(C)C3)c(Cl)c1. The zero-order valence-corrected chi connectivity index (χ0v) is 21.7. The molecule has 5 rings (SSSR count). The van der Waals surface area contributed by atoms with E-state index in [1.807, 2.05) is 31.4 Å². The molecule has 0 N–H and O–H groups in total. The highest BCUT2D eigenvalue weighted by molar-refractivity contribution is 7.13. The maximum absolute atomic E-state index is 14.0. The summed E-state index contributed by atoms with van der Waals surface area (Å²) in [6, 6.07) is 14.2. The van der Waals surface area contributed by atoms with Crippen LogP contribution in [0.15, 0.2) is 58.7 Å². The molecule has 2 heterocycles. The van der Waals surface area contributed by atoms with Gasteiger partial charge in [-0.15, -0.1) is 11.3 Å². The number of carbonyl (C=O) groups is 1. The van der Waals surface area contributed by atoms with E-state index in [2.05, 4.69) is 0 Å². The summed E-state index contributed by atoms with van der Waals surface area (Å²) in [5.41, 5.74) is 3.17. The lowest BCUT2D eigenvalue weighted by atomic mass is 9.75. The molecule has 0 radical (unpaired) electrons. The first kappa shape index (κ1) is 23.8. The summed E-state index contributed by atoms with van der Waals surface area (Å²) in [7, 11) is 1.56. The quantitative estimate of drug-likeness (QED) is 0.285. The molecule has 1 aliphatic rings. The molecule has 5 nitrogen and oxygen atoms in total. The Morgan fingerprint density at radius 2 is 1.74 bits per heavy atom. The van der Waals surface area contributed by atoms with Crippen LogP contribution in [0.3, 0.4) is 0 Å². The highest BCUT2D eigenvalue weighted by atomic mass is 35.5. The molecule has 0 spiro atoms. The van der Waals surface area contributed by atoms with Gasteiger partial charge in [-0.2, -0.15) is 0 Å². The Labute approximate surface area is 216 Å². The maximum Gasteiger partial charge on any atom is 0.265 e. The van der Waals surface area contributed by atoms with E-state index in [1.165, 1.54) is 11.3 Å². The van der Waals surface area contributed by atoms with Gasteiger partial charge in [-0.3, -0.25) is 14.2 Å². The van der Waals surface area contributed by atoms with Crippen LogP contribution in [0.2, 0.25) is 10.0 Å². The second-order valence-corrected chi connectivity index (χ2v) is 11.1. The van der Waals surface area contributed by atoms with Gasteiger partial charge in [0.15, 0.2) is 5.78 Å². The lowest BCUT2D eigenvalue weighted by Crippen LogP contribution is -2.35. The van der Waals surface area contributed by atoms with E-state index >= 15 is 0 Å². The number of hydrogen-bond donors (Lipinski definition) is 0. The Morgan fingerprint density at radius 1 is 1.00 bits per heavy atom. The summed E-state index contributed by atoms with van der Waals surface area (Å²) in [6.07, 6.45) is 0.974. The number of fused-ring (bicyclic) bond motifs is 1. The van der Waals surface area contributed by atoms with Crippen molar-refractivity contribution in [3.63, 3.8) is 0 Å². The molecule has 0 unspecified atom stereocenters. The van der Waals surface area contributed by atoms with Gasteiger partial charge >= 0.3 is 0 Å². The van der Waals surface area contributed by atoms with Crippen molar-refractivity contribution in [2.24, 2.45) is 5.41 Å². The standard InChI is InChI=1S/C27H22Cl2N2O3S/c1-27(2)12-23-18(24(32)13-27)11-19(25-30-21(14-35-25)15-4-6-16(28)7-5-15)26(33)31(23)22-9-8-17(34-3)10-20(22)29/h4-11,14H,12-13H2,1-3H3. The highest BCUT2D eigenvalue weighted by Crippen LogP contribution is 2.38. The van der Waals surface area contributed by atoms with Crippen LogP contribution in [-0.2, 0) is 6.42 Å². The molecule has 0 saturated carbocycles. The molecule has 1 aliphatic carbocycles. The average Bonchev–Trinajstić information content (AvgIpc) is 3.29. The summed E-state index contributed by atoms with van der Waals surface area (Å²) >= 11 is 14.0. The predicted molar refractivity (Wildman–Crippen MR) is 142 cm³/mol. The lowest BCUT2D eigenvalue weighted by molar-refractivity contribution is 0.0909. The fraction of sp³-hybridized carbons (Fsp3) is 0.222. The van der Waals surface area contributed by atoms with Crippen LogP contribution < -0.4 is 10.3 Å². The summed E-state index contributed by atoms with van der Waals surface area (Å²) < 4.78 is 6.86. The highest BCUT2D eigenvalue weighted by Gasteiger charge is 2.35. The summed E-state index contributed by atoms with van der Waals surface area (Å²) in [5.74, 6) is 0.589. The Morgan fingerprint density at radius 3 is 2.43 bits per heavy atom. The molecule has 0 bridgehead atoms. The number of pyridine rings is 1. The minimum Gasteiger partial charge on any atom is -0.497 e. The fourth-order valence-corrected chi connectivity index (χ4v) is 5.69. The van der Waals surface area contributed by atoms with Crippen molar-refractivity contribution in [1.29, 1.82) is 0 Å². The Balaban J connectivity index is 1.73. The predicted octanol–water partition coefficient (Wildman–Crippen LogP) is 7.10. The van der Waals surface area contributed by atoms with Gasteiger partial charge in [-0.25, -0.2) is 4.98 Å². The first-order valence-corrected chi connectivity index (χ1v) is 12.7. The van der Waals surface area contributed by atoms with Gasteiger partial charge < -0.3 is 4.74 Å². The molecule has 178 valence electrons. The average molecular weight is 525 g/mol. The van der Waals surface area contributed by atoms with Crippen LogP contribution in [-0.4, -0.2) is 22.4 Å². The molecular formula is C27H22Cl2N2O3S. The van der Waals surface area contributed by atoms with E-state index in [-0.39, 0.29) is 16.8 Å². The number of rotatable bonds is 4. The van der Waals surface area contributed by atoms with E-state index in [4.69, 9.17) is 32.9 Å². The molecule has 8 heteroatoms. The van der Waals surface area contributed by atoms with Gasteiger partial charge in [0.05, 0.1) is 29.1 Å². The molecule has 0 aliphatic heterocycles. The van der Waals surface area contributed by atoms with Crippen LogP contribution in [0, 0.1) is 5.41 Å². The van der Waals surface area contributed by atoms with Gasteiger partial charge in [0.25, 0.3) is 5.56 Å². The Kier molecular flexibility index (Phi) is 6.08. The van der Waals surface area contributed by atoms with E-state index < -0.39 is 0 Å². The van der Waals surface area contributed by atoms with E-state index in [1.54, 1.807) is 48.1 Å². The third-order valence-electron chi connectivity index (χ3n) is 6.16. The van der Waals surface area contributed by atoms with Crippen molar-refractivity contribution in [1.82, 2.24) is 9.55 Å². The van der Waals surface area contributed by atoms with Crippen molar-refractivity contribution < 1.29 is 9.53 Å². The molecule has 35 heavy (non-hydrogen) atoms. The smallest absolute Gasteiger partial charge is 0.265 e. The number of methoxy groups -OCH3 is 1. The molecule has 4 aromatic rings. The molecule has 2 aromatic heterocycles. The van der Waals surface area contributed by atoms with Crippen molar-refractivity contribution in [3.05, 3.63) is 85.6 Å². The van der Waals surface area contributed by atoms with Gasteiger partial charge in [-0.05, 0) is 42.2 Å². The second-order valence-electron chi connectivity index (χ2n) is 9.36. The van der Waals surface area contributed by atoms with Gasteiger partial charge in [0, 0.05) is 39.7 Å². The first-order valence-electron chi connectivity index (χ1n) is 11.0. The van der Waals surface area contributed by atoms with Crippen molar-refractivity contribution in [2.75, 3.05) is 7.11 Å². The number of ether oxygens (including phenoxy) is 1. The molecule has 0 atom stereocenters. The summed E-state index contributed by atoms with van der Waals surface area (Å²) in [4.78, 5) is 31.9. The van der Waals surface area contributed by atoms with Crippen molar-refractivity contribution in [3.8, 4) is 33.3 Å². The number of Topliss-reactive ketones (excluding diaryl/α,β-unsaturated/α-hetero) is 1. The normalized spacial score (nSPS) is 14.6. The minimum absolute atomic E-state index is 0.00497. The Bertz CT molecular complexity index is 1520. The van der Waals surface area contributed by atoms with Gasteiger partial charge in [0.1, 0.15) is 10.8 Å². The third-order valence-corrected chi connectivity index (χ3v) is 7.59. The van der Waals surface area contributed by atoms with Gasteiger partial charge in [0.2, 0.25) is 0 Å². The van der Waals surface area contributed by atoms with Crippen LogP contribution in [0.25, 0.3) is 27.5 Å². The topological polar surface area (TPSA) is 61.2 Å². The van der Waals surface area contributed by atoms with Crippen LogP contribution in [0.4, 0.5) is 0 Å². The van der Waals surface area contributed by atoms with Crippen LogP contribution >= 0.6 is 34.5 Å². The van der Waals surface area contributed by atoms with Crippen molar-refractivity contribution >= 4 is 40.3 Å². The molecule has 0 fully saturated rings. The maximum atomic E-state index is 14.0. The number of nitrogens with zero attached hydrogens (tertiary/aromatic N) is 2. The number of aromatic nitrogens is 2. The summed E-state index contributed by atoms with van der Waals surface area (Å²) in [5, 5.41) is 3.44. The molecule has 0 amide bonds. The van der Waals surface area contributed by atoms with Crippen molar-refractivity contribution in [2.45, 2.75) is 26.7 Å². The minimum atomic E-state index is -0.276. The van der Waals surface area contributed by atoms with Crippen LogP contribution in [0.5, 0.6) is 5.75 Å². The zero-order chi connectivity index (χ0) is 24.9. The lowest BCUT2D eigenvalue weighted by Gasteiger charge is -2.32. The fourth-order valence-electron chi connectivity index (χ4n) is 4.47. The van der Waals surface area contributed by atoms with Gasteiger partial charge in [-0.1, -0.05) is 49.2 Å². The third kappa shape index (κ3) is 4.42. The first-order chi connectivity index (χ1) is 16.7. The number of ketones is 1. The molecule has 0 saturated heterocycles. The number of halogens is 2. The number of benzene rings is 2. The summed E-state index contributed by atoms with van der Waals surface area (Å²) in [6.45, 7) is 4.07. The second kappa shape index (κ2) is 8.94. The number of carbonyl (C=O) groups excluding carboxylic acids is 1. The molecular weight excluding hydrogens is 503 g/mol. The zero-order valence-electron chi connectivity index (χ0n) is 19.4. The van der Waals surface area contributed by atoms with E-state index in [0.29, 0.717) is 56.2 Å². The largest absolute Gasteiger partial charge is 0.497 e. The number of hydrogen-bond acceptors (Lipinski definition) is 5. The molecule has 2 aromatic carbocycles. The van der Waals surface area contributed by atoms with Crippen LogP contribution in [0.1, 0.15) is 36.3 Å². The Hall–Kier alpha value is -2.93. The number of thiazole rings is 1. The van der Waals surface area contributed by atoms with E-state index in [0.717, 1.165) is 11.3 Å². The van der Waals surface area contributed by atoms with E-state index in [9.17, 15) is 9.59 Å².